The predicted octanol–water partition coefficient (Wildman–Crippen LogP) is 12.0. The van der Waals surface area contributed by atoms with Gasteiger partial charge < -0.3 is 9.13 Å². The van der Waals surface area contributed by atoms with E-state index in [4.69, 9.17) is 9.60 Å². The second kappa shape index (κ2) is 10.8. The van der Waals surface area contributed by atoms with Crippen LogP contribution in [0.5, 0.6) is 0 Å². The second-order valence-electron chi connectivity index (χ2n) is 12.2. The molecule has 238 valence electrons. The van der Waals surface area contributed by atoms with Crippen LogP contribution in [0.2, 0.25) is 0 Å². The minimum atomic E-state index is -0.652. The van der Waals surface area contributed by atoms with Gasteiger partial charge in [-0.1, -0.05) is 109 Å². The van der Waals surface area contributed by atoms with Crippen LogP contribution >= 0.6 is 0 Å². The SMILES string of the molecule is [2H]c1nc2c(c([2H])c1[2H])c1c([2H])c([2H])c([2H])c([2H])c1n2-c1c([2H])c([2H])c2c3c([2H])c([2H])c(-c4ccccc4)c([2H])c3n(-c3ccc4c5ccccc5n(-c5ccccc5)c4c3)c2c1[2H]. The van der Waals surface area contributed by atoms with Gasteiger partial charge in [-0.2, -0.15) is 0 Å². The molecule has 0 amide bonds. The van der Waals surface area contributed by atoms with Crippen LogP contribution in [0.3, 0.4) is 0 Å². The fraction of sp³-hybridized carbons (Fsp3) is 0. The van der Waals surface area contributed by atoms with Crippen molar-refractivity contribution in [1.29, 1.82) is 0 Å². The summed E-state index contributed by atoms with van der Waals surface area (Å²) in [5, 5.41) is 1.40. The molecule has 0 aliphatic rings. The Bertz CT molecular complexity index is 3880. The van der Waals surface area contributed by atoms with Gasteiger partial charge in [0, 0.05) is 55.6 Å². The highest BCUT2D eigenvalue weighted by atomic mass is 15.1. The van der Waals surface area contributed by atoms with Gasteiger partial charge in [-0.15, -0.1) is 0 Å². The standard InChI is InChI=1S/C47H30N4/c1-3-12-31(13-4-1)32-21-24-38-40-26-23-35(51-43-20-10-8-17-37(43)41-18-11-27-48-47(41)51)30-46(40)50(44(38)28-32)34-22-25-39-36-16-7-9-19-42(36)49(45(39)29-34)33-14-5-2-6-15-33/h1-30H/i8D,10D,11D,17D,18D,20D,21D,23D,24D,26D,27D,28D,30D. The Morgan fingerprint density at radius 2 is 1.08 bits per heavy atom. The Morgan fingerprint density at radius 3 is 1.96 bits per heavy atom. The van der Waals surface area contributed by atoms with E-state index >= 15 is 0 Å². The number of benzene rings is 7. The van der Waals surface area contributed by atoms with Crippen molar-refractivity contribution in [2.45, 2.75) is 0 Å². The maximum Gasteiger partial charge on any atom is 0.145 e. The normalized spacial score (nSPS) is 15.5. The summed E-state index contributed by atoms with van der Waals surface area (Å²) in [6, 6.07) is 26.2. The van der Waals surface area contributed by atoms with Gasteiger partial charge >= 0.3 is 0 Å². The summed E-state index contributed by atoms with van der Waals surface area (Å²) < 4.78 is 124. The first-order valence-corrected chi connectivity index (χ1v) is 16.3. The summed E-state index contributed by atoms with van der Waals surface area (Å²) in [4.78, 5) is 4.30. The van der Waals surface area contributed by atoms with Crippen LogP contribution in [0.15, 0.2) is 182 Å². The number of hydrogen-bond acceptors (Lipinski definition) is 1. The molecule has 11 aromatic rings. The largest absolute Gasteiger partial charge is 0.309 e. The molecule has 0 unspecified atom stereocenters. The van der Waals surface area contributed by atoms with Gasteiger partial charge in [0.2, 0.25) is 0 Å². The number of para-hydroxylation sites is 3. The van der Waals surface area contributed by atoms with Crippen LogP contribution in [-0.4, -0.2) is 18.7 Å². The number of hydrogen-bond donors (Lipinski definition) is 0. The van der Waals surface area contributed by atoms with Crippen LogP contribution in [0.25, 0.3) is 93.7 Å². The zero-order chi connectivity index (χ0) is 44.8. The van der Waals surface area contributed by atoms with Crippen molar-refractivity contribution in [2.75, 3.05) is 0 Å². The van der Waals surface area contributed by atoms with Gasteiger partial charge in [0.05, 0.1) is 45.4 Å². The fourth-order valence-electron chi connectivity index (χ4n) is 7.26. The average Bonchev–Trinajstić information content (AvgIpc) is 3.95. The lowest BCUT2D eigenvalue weighted by Crippen LogP contribution is -1.99. The van der Waals surface area contributed by atoms with Crippen molar-refractivity contribution in [3.63, 3.8) is 0 Å². The number of aromatic nitrogens is 4. The second-order valence-corrected chi connectivity index (χ2v) is 12.2. The third kappa shape index (κ3) is 4.11. The van der Waals surface area contributed by atoms with Gasteiger partial charge in [-0.05, 0) is 77.7 Å². The Hall–Kier alpha value is -6.91. The summed E-state index contributed by atoms with van der Waals surface area (Å²) in [6.07, 6.45) is -0.646. The highest BCUT2D eigenvalue weighted by Gasteiger charge is 2.19. The first-order chi connectivity index (χ1) is 30.7. The van der Waals surface area contributed by atoms with E-state index in [1.807, 2.05) is 72.8 Å². The minimum Gasteiger partial charge on any atom is -0.309 e. The van der Waals surface area contributed by atoms with Crippen molar-refractivity contribution < 1.29 is 17.8 Å². The average molecular weight is 664 g/mol. The third-order valence-electron chi connectivity index (χ3n) is 9.47. The molecule has 0 atom stereocenters. The van der Waals surface area contributed by atoms with Crippen molar-refractivity contribution in [3.05, 3.63) is 182 Å². The van der Waals surface area contributed by atoms with Crippen LogP contribution in [-0.2, 0) is 0 Å². The van der Waals surface area contributed by atoms with Gasteiger partial charge in [-0.25, -0.2) is 4.98 Å². The molecule has 4 heterocycles. The van der Waals surface area contributed by atoms with Crippen molar-refractivity contribution in [2.24, 2.45) is 0 Å². The molecule has 4 aromatic heterocycles. The lowest BCUT2D eigenvalue weighted by atomic mass is 10.0. The highest BCUT2D eigenvalue weighted by Crippen LogP contribution is 2.40. The number of pyridine rings is 1. The van der Waals surface area contributed by atoms with E-state index < -0.39 is 60.6 Å². The lowest BCUT2D eigenvalue weighted by Gasteiger charge is -2.13. The molecule has 11 rings (SSSR count). The maximum absolute atomic E-state index is 10.2. The van der Waals surface area contributed by atoms with Crippen LogP contribution in [0, 0.1) is 0 Å². The molecule has 4 heteroatoms. The van der Waals surface area contributed by atoms with Crippen LogP contribution in [0.1, 0.15) is 17.8 Å². The Labute approximate surface area is 311 Å². The van der Waals surface area contributed by atoms with E-state index in [0.29, 0.717) is 11.3 Å². The monoisotopic (exact) mass is 663 g/mol. The molecule has 0 aliphatic carbocycles. The first kappa shape index (κ1) is 18.2. The molecule has 0 fully saturated rings. The molecule has 0 saturated heterocycles. The summed E-state index contributed by atoms with van der Waals surface area (Å²) in [7, 11) is 0. The maximum atomic E-state index is 10.2. The topological polar surface area (TPSA) is 27.7 Å². The molecule has 0 N–H and O–H groups in total. The smallest absolute Gasteiger partial charge is 0.145 e. The highest BCUT2D eigenvalue weighted by molar-refractivity contribution is 6.13. The predicted molar refractivity (Wildman–Crippen MR) is 213 cm³/mol. The number of fused-ring (bicyclic) bond motifs is 9. The molecule has 0 bridgehead atoms. The van der Waals surface area contributed by atoms with E-state index in [9.17, 15) is 8.22 Å². The van der Waals surface area contributed by atoms with Gasteiger partial charge in [0.1, 0.15) is 5.65 Å². The van der Waals surface area contributed by atoms with Gasteiger partial charge in [0.25, 0.3) is 0 Å². The molecular weight excluding hydrogens is 621 g/mol. The van der Waals surface area contributed by atoms with Crippen LogP contribution in [0.4, 0.5) is 0 Å². The third-order valence-corrected chi connectivity index (χ3v) is 9.47. The minimum absolute atomic E-state index is 0.00469. The van der Waals surface area contributed by atoms with E-state index in [0.717, 1.165) is 32.1 Å². The fourth-order valence-corrected chi connectivity index (χ4v) is 7.26. The zero-order valence-corrected chi connectivity index (χ0v) is 26.6. The van der Waals surface area contributed by atoms with E-state index in [1.165, 1.54) is 0 Å². The zero-order valence-electron chi connectivity index (χ0n) is 39.6. The van der Waals surface area contributed by atoms with Crippen molar-refractivity contribution in [1.82, 2.24) is 18.7 Å². The lowest BCUT2D eigenvalue weighted by molar-refractivity contribution is 1.13. The number of nitrogens with zero attached hydrogens (tertiary/aromatic N) is 4. The Kier molecular flexibility index (Phi) is 3.85. The molecule has 7 aromatic carbocycles. The molecule has 0 aliphatic heterocycles. The van der Waals surface area contributed by atoms with E-state index in [-0.39, 0.29) is 73.1 Å². The number of rotatable bonds is 4. The molecular formula is C47H30N4. The van der Waals surface area contributed by atoms with E-state index in [2.05, 4.69) is 9.55 Å². The summed E-state index contributed by atoms with van der Waals surface area (Å²) in [5.41, 5.74) is 2.73. The van der Waals surface area contributed by atoms with Gasteiger partial charge in [-0.3, -0.25) is 4.57 Å². The van der Waals surface area contributed by atoms with Gasteiger partial charge in [0.15, 0.2) is 0 Å². The first-order valence-electron chi connectivity index (χ1n) is 22.8. The molecule has 0 saturated carbocycles. The van der Waals surface area contributed by atoms with Crippen LogP contribution < -0.4 is 0 Å². The summed E-state index contributed by atoms with van der Waals surface area (Å²) >= 11 is 0. The van der Waals surface area contributed by atoms with Crippen molar-refractivity contribution >= 4 is 65.5 Å². The quantitative estimate of drug-likeness (QED) is 0.184. The molecule has 0 spiro atoms. The summed E-state index contributed by atoms with van der Waals surface area (Å²) in [5.74, 6) is 0. The van der Waals surface area contributed by atoms with E-state index in [1.54, 1.807) is 34.9 Å². The van der Waals surface area contributed by atoms with Crippen molar-refractivity contribution in [3.8, 4) is 28.2 Å². The summed E-state index contributed by atoms with van der Waals surface area (Å²) in [6.45, 7) is 0. The molecule has 4 nitrogen and oxygen atoms in total. The molecule has 0 radical (unpaired) electrons. The Balaban J connectivity index is 1.38. The molecule has 51 heavy (non-hydrogen) atoms. The Morgan fingerprint density at radius 1 is 0.392 bits per heavy atom.